The predicted molar refractivity (Wildman–Crippen MR) is 77.3 cm³/mol. The highest BCUT2D eigenvalue weighted by molar-refractivity contribution is 7.11. The molecule has 0 aliphatic heterocycles. The van der Waals surface area contributed by atoms with Crippen molar-refractivity contribution in [1.82, 2.24) is 0 Å². The molecule has 1 nitrogen and oxygen atoms in total. The summed E-state index contributed by atoms with van der Waals surface area (Å²) in [5, 5.41) is 2.27. The Kier molecular flexibility index (Phi) is 5.27. The summed E-state index contributed by atoms with van der Waals surface area (Å²) < 4.78 is 0. The lowest BCUT2D eigenvalue weighted by Crippen LogP contribution is -2.02. The standard InChI is InChI=1S/C15H23NS/c16-10-4-7-14-11-15(17-12-14)9-8-13-5-2-1-3-6-13/h8-9,11-13H,1-7,10,16H2/b9-8+. The molecule has 1 aliphatic carbocycles. The molecule has 94 valence electrons. The first kappa shape index (κ1) is 12.8. The van der Waals surface area contributed by atoms with Crippen LogP contribution in [0.5, 0.6) is 0 Å². The first-order chi connectivity index (χ1) is 8.38. The molecule has 2 N–H and O–H groups in total. The van der Waals surface area contributed by atoms with Gasteiger partial charge in [0.1, 0.15) is 0 Å². The van der Waals surface area contributed by atoms with Crippen LogP contribution in [0.1, 0.15) is 49.0 Å². The van der Waals surface area contributed by atoms with Gasteiger partial charge in [-0.1, -0.05) is 25.3 Å². The molecule has 1 aromatic heterocycles. The van der Waals surface area contributed by atoms with Gasteiger partial charge >= 0.3 is 0 Å². The maximum absolute atomic E-state index is 5.53. The van der Waals surface area contributed by atoms with Crippen molar-refractivity contribution < 1.29 is 0 Å². The number of hydrogen-bond donors (Lipinski definition) is 1. The summed E-state index contributed by atoms with van der Waals surface area (Å²) in [7, 11) is 0. The average Bonchev–Trinajstić information content (AvgIpc) is 2.83. The minimum atomic E-state index is 0.795. The Labute approximate surface area is 109 Å². The van der Waals surface area contributed by atoms with E-state index < -0.39 is 0 Å². The van der Waals surface area contributed by atoms with Crippen molar-refractivity contribution in [2.45, 2.75) is 44.9 Å². The Morgan fingerprint density at radius 1 is 1.29 bits per heavy atom. The smallest absolute Gasteiger partial charge is 0.0270 e. The fourth-order valence-electron chi connectivity index (χ4n) is 2.48. The zero-order chi connectivity index (χ0) is 11.9. The van der Waals surface area contributed by atoms with Crippen LogP contribution in [0.15, 0.2) is 17.5 Å². The van der Waals surface area contributed by atoms with Crippen LogP contribution in [0.3, 0.4) is 0 Å². The minimum absolute atomic E-state index is 0.795. The van der Waals surface area contributed by atoms with Gasteiger partial charge in [-0.25, -0.2) is 0 Å². The first-order valence-corrected chi connectivity index (χ1v) is 7.72. The summed E-state index contributed by atoms with van der Waals surface area (Å²) in [6.07, 6.45) is 14.0. The molecule has 1 saturated carbocycles. The second-order valence-corrected chi connectivity index (χ2v) is 5.95. The molecule has 1 fully saturated rings. The van der Waals surface area contributed by atoms with Crippen molar-refractivity contribution in [2.75, 3.05) is 6.54 Å². The van der Waals surface area contributed by atoms with Gasteiger partial charge in [-0.15, -0.1) is 11.3 Å². The van der Waals surface area contributed by atoms with Crippen molar-refractivity contribution >= 4 is 17.4 Å². The van der Waals surface area contributed by atoms with E-state index >= 15 is 0 Å². The predicted octanol–water partition coefficient (Wildman–Crippen LogP) is 4.23. The van der Waals surface area contributed by atoms with Crippen LogP contribution in [0.4, 0.5) is 0 Å². The zero-order valence-electron chi connectivity index (χ0n) is 10.5. The Morgan fingerprint density at radius 3 is 2.88 bits per heavy atom. The topological polar surface area (TPSA) is 26.0 Å². The van der Waals surface area contributed by atoms with Gasteiger partial charge in [0.15, 0.2) is 0 Å². The van der Waals surface area contributed by atoms with Gasteiger partial charge in [-0.2, -0.15) is 0 Å². The van der Waals surface area contributed by atoms with Crippen LogP contribution in [0.25, 0.3) is 6.08 Å². The van der Waals surface area contributed by atoms with E-state index in [0.717, 1.165) is 25.3 Å². The van der Waals surface area contributed by atoms with Crippen LogP contribution >= 0.6 is 11.3 Å². The summed E-state index contributed by atoms with van der Waals surface area (Å²) in [5.74, 6) is 0.832. The van der Waals surface area contributed by atoms with Crippen LogP contribution in [-0.2, 0) is 6.42 Å². The molecule has 2 rings (SSSR count). The molecule has 0 unspecified atom stereocenters. The molecule has 0 aromatic carbocycles. The fourth-order valence-corrected chi connectivity index (χ4v) is 3.33. The first-order valence-electron chi connectivity index (χ1n) is 6.84. The van der Waals surface area contributed by atoms with Crippen molar-refractivity contribution in [3.05, 3.63) is 28.0 Å². The van der Waals surface area contributed by atoms with E-state index in [9.17, 15) is 0 Å². The van der Waals surface area contributed by atoms with Crippen LogP contribution in [0.2, 0.25) is 0 Å². The Balaban J connectivity index is 1.84. The largest absolute Gasteiger partial charge is 0.330 e. The molecule has 17 heavy (non-hydrogen) atoms. The highest BCUT2D eigenvalue weighted by Crippen LogP contribution is 2.26. The molecule has 0 bridgehead atoms. The molecule has 0 amide bonds. The summed E-state index contributed by atoms with van der Waals surface area (Å²) in [4.78, 5) is 1.41. The van der Waals surface area contributed by atoms with Gasteiger partial charge in [0.2, 0.25) is 0 Å². The summed E-state index contributed by atoms with van der Waals surface area (Å²) in [6, 6.07) is 2.32. The van der Waals surface area contributed by atoms with Crippen molar-refractivity contribution in [1.29, 1.82) is 0 Å². The van der Waals surface area contributed by atoms with E-state index in [1.807, 2.05) is 11.3 Å². The highest BCUT2D eigenvalue weighted by Gasteiger charge is 2.09. The van der Waals surface area contributed by atoms with E-state index in [1.54, 1.807) is 0 Å². The number of thiophene rings is 1. The molecular formula is C15H23NS. The second-order valence-electron chi connectivity index (χ2n) is 5.01. The second kappa shape index (κ2) is 6.97. The Bertz CT molecular complexity index is 348. The van der Waals surface area contributed by atoms with E-state index in [0.29, 0.717) is 0 Å². The molecular weight excluding hydrogens is 226 g/mol. The van der Waals surface area contributed by atoms with Crippen LogP contribution in [-0.4, -0.2) is 6.54 Å². The molecule has 0 spiro atoms. The monoisotopic (exact) mass is 249 g/mol. The van der Waals surface area contributed by atoms with Crippen LogP contribution in [0, 0.1) is 5.92 Å². The van der Waals surface area contributed by atoms with Gasteiger partial charge in [-0.3, -0.25) is 0 Å². The number of aryl methyl sites for hydroxylation is 1. The maximum Gasteiger partial charge on any atom is 0.0270 e. The molecule has 0 atom stereocenters. The van der Waals surface area contributed by atoms with E-state index in [4.69, 9.17) is 5.73 Å². The van der Waals surface area contributed by atoms with E-state index in [1.165, 1.54) is 42.5 Å². The van der Waals surface area contributed by atoms with Gasteiger partial charge in [0, 0.05) is 4.88 Å². The van der Waals surface area contributed by atoms with E-state index in [-0.39, 0.29) is 0 Å². The van der Waals surface area contributed by atoms with Gasteiger partial charge < -0.3 is 5.73 Å². The number of nitrogens with two attached hydrogens (primary N) is 1. The average molecular weight is 249 g/mol. The quantitative estimate of drug-likeness (QED) is 0.830. The highest BCUT2D eigenvalue weighted by atomic mass is 32.1. The molecule has 1 heterocycles. The Morgan fingerprint density at radius 2 is 2.12 bits per heavy atom. The lowest BCUT2D eigenvalue weighted by atomic mass is 9.89. The van der Waals surface area contributed by atoms with Gasteiger partial charge in [0.05, 0.1) is 0 Å². The molecule has 1 aromatic rings. The van der Waals surface area contributed by atoms with Gasteiger partial charge in [-0.05, 0) is 61.2 Å². The van der Waals surface area contributed by atoms with Gasteiger partial charge in [0.25, 0.3) is 0 Å². The maximum atomic E-state index is 5.53. The molecule has 1 aliphatic rings. The number of rotatable bonds is 5. The number of hydrogen-bond acceptors (Lipinski definition) is 2. The zero-order valence-corrected chi connectivity index (χ0v) is 11.3. The lowest BCUT2D eigenvalue weighted by Gasteiger charge is -2.17. The van der Waals surface area contributed by atoms with Crippen molar-refractivity contribution in [2.24, 2.45) is 11.7 Å². The lowest BCUT2D eigenvalue weighted by molar-refractivity contribution is 0.420. The van der Waals surface area contributed by atoms with Crippen molar-refractivity contribution in [3.63, 3.8) is 0 Å². The molecule has 2 heteroatoms. The molecule has 0 saturated heterocycles. The number of allylic oxidation sites excluding steroid dienone is 1. The summed E-state index contributed by atoms with van der Waals surface area (Å²) >= 11 is 1.86. The third-order valence-corrected chi connectivity index (χ3v) is 4.47. The third-order valence-electron chi connectivity index (χ3n) is 3.53. The summed E-state index contributed by atoms with van der Waals surface area (Å²) in [6.45, 7) is 0.795. The molecule has 0 radical (unpaired) electrons. The van der Waals surface area contributed by atoms with Crippen LogP contribution < -0.4 is 5.73 Å². The normalized spacial score (nSPS) is 17.9. The summed E-state index contributed by atoms with van der Waals surface area (Å²) in [5.41, 5.74) is 6.98. The Hall–Kier alpha value is -0.600. The van der Waals surface area contributed by atoms with E-state index in [2.05, 4.69) is 23.6 Å². The minimum Gasteiger partial charge on any atom is -0.330 e. The fraction of sp³-hybridized carbons (Fsp3) is 0.600. The third kappa shape index (κ3) is 4.29. The SMILES string of the molecule is NCCCc1csc(/C=C/C2CCCCC2)c1. The van der Waals surface area contributed by atoms with Crippen molar-refractivity contribution in [3.8, 4) is 0 Å².